The maximum Gasteiger partial charge on any atom is 0.310 e. The third-order valence-electron chi connectivity index (χ3n) is 3.95. The highest BCUT2D eigenvalue weighted by Gasteiger charge is 2.19. The number of hydrogen-bond acceptors (Lipinski definition) is 4. The maximum atomic E-state index is 12.3. The van der Waals surface area contributed by atoms with Crippen molar-refractivity contribution in [3.8, 4) is 22.8 Å². The van der Waals surface area contributed by atoms with Crippen LogP contribution in [-0.2, 0) is 10.1 Å². The summed E-state index contributed by atoms with van der Waals surface area (Å²) in [6, 6.07) is 19.0. The zero-order valence-corrected chi connectivity index (χ0v) is 15.7. The van der Waals surface area contributed by atoms with Crippen molar-refractivity contribution in [1.29, 1.82) is 0 Å². The van der Waals surface area contributed by atoms with Gasteiger partial charge >= 0.3 is 10.1 Å². The van der Waals surface area contributed by atoms with Crippen LogP contribution < -0.4 is 4.18 Å². The molecule has 0 aliphatic rings. The fraction of sp³-hybridized carbons (Fsp3) is 0.250. The molecular formula is C20H22N2O3S. The lowest BCUT2D eigenvalue weighted by molar-refractivity contribution is 0.463. The number of unbranched alkanes of at least 4 members (excludes halogenated alkanes) is 1. The van der Waals surface area contributed by atoms with Crippen molar-refractivity contribution in [1.82, 2.24) is 9.78 Å². The van der Waals surface area contributed by atoms with Gasteiger partial charge in [-0.05, 0) is 31.0 Å². The van der Waals surface area contributed by atoms with Gasteiger partial charge in [0.1, 0.15) is 0 Å². The molecule has 0 saturated carbocycles. The molecule has 0 amide bonds. The molecule has 136 valence electrons. The van der Waals surface area contributed by atoms with Crippen LogP contribution in [0.25, 0.3) is 16.9 Å². The van der Waals surface area contributed by atoms with Crippen LogP contribution in [0.3, 0.4) is 0 Å². The van der Waals surface area contributed by atoms with Crippen molar-refractivity contribution in [3.05, 3.63) is 66.2 Å². The Labute approximate surface area is 154 Å². The highest BCUT2D eigenvalue weighted by molar-refractivity contribution is 7.87. The van der Waals surface area contributed by atoms with Crippen molar-refractivity contribution in [2.75, 3.05) is 5.75 Å². The monoisotopic (exact) mass is 370 g/mol. The predicted molar refractivity (Wildman–Crippen MR) is 103 cm³/mol. The summed E-state index contributed by atoms with van der Waals surface area (Å²) in [6.45, 7) is 3.92. The number of rotatable bonds is 7. The van der Waals surface area contributed by atoms with Crippen LogP contribution in [0.5, 0.6) is 5.88 Å². The Morgan fingerprint density at radius 3 is 2.50 bits per heavy atom. The van der Waals surface area contributed by atoms with Gasteiger partial charge in [-0.25, -0.2) is 0 Å². The van der Waals surface area contributed by atoms with E-state index in [9.17, 15) is 8.42 Å². The Kier molecular flexibility index (Phi) is 5.42. The second-order valence-corrected chi connectivity index (χ2v) is 7.87. The van der Waals surface area contributed by atoms with Gasteiger partial charge in [0.25, 0.3) is 0 Å². The molecule has 0 radical (unpaired) electrons. The highest BCUT2D eigenvalue weighted by atomic mass is 32.2. The number of aryl methyl sites for hydroxylation is 1. The van der Waals surface area contributed by atoms with Crippen LogP contribution >= 0.6 is 0 Å². The first-order valence-corrected chi connectivity index (χ1v) is 10.2. The van der Waals surface area contributed by atoms with Crippen molar-refractivity contribution in [3.63, 3.8) is 0 Å². The third kappa shape index (κ3) is 4.32. The van der Waals surface area contributed by atoms with Crippen LogP contribution in [0, 0.1) is 6.92 Å². The van der Waals surface area contributed by atoms with E-state index in [-0.39, 0.29) is 11.6 Å². The molecule has 1 aromatic heterocycles. The Hall–Kier alpha value is -2.60. The standard InChI is InChI=1S/C20H22N2O3S/c1-3-4-13-26(23,24)25-20-15-19(17-10-6-5-7-11-17)21-22(20)18-12-8-9-16(2)14-18/h5-12,14-15H,3-4,13H2,1-2H3. The summed E-state index contributed by atoms with van der Waals surface area (Å²) in [5.41, 5.74) is 3.37. The van der Waals surface area contributed by atoms with E-state index in [0.29, 0.717) is 12.1 Å². The zero-order valence-electron chi connectivity index (χ0n) is 14.9. The summed E-state index contributed by atoms with van der Waals surface area (Å²) in [5, 5.41) is 4.58. The molecule has 26 heavy (non-hydrogen) atoms. The molecule has 1 heterocycles. The molecule has 0 saturated heterocycles. The van der Waals surface area contributed by atoms with E-state index in [1.54, 1.807) is 10.7 Å². The molecule has 2 aromatic carbocycles. The molecule has 3 rings (SSSR count). The Morgan fingerprint density at radius 2 is 1.81 bits per heavy atom. The first-order valence-electron chi connectivity index (χ1n) is 8.63. The van der Waals surface area contributed by atoms with Gasteiger partial charge in [-0.1, -0.05) is 55.8 Å². The summed E-state index contributed by atoms with van der Waals surface area (Å²) < 4.78 is 31.5. The van der Waals surface area contributed by atoms with E-state index in [2.05, 4.69) is 5.10 Å². The molecule has 0 bridgehead atoms. The van der Waals surface area contributed by atoms with Crippen LogP contribution in [-0.4, -0.2) is 24.0 Å². The second-order valence-electron chi connectivity index (χ2n) is 6.18. The van der Waals surface area contributed by atoms with E-state index in [1.807, 2.05) is 68.4 Å². The predicted octanol–water partition coefficient (Wildman–Crippen LogP) is 4.36. The van der Waals surface area contributed by atoms with Crippen molar-refractivity contribution in [2.45, 2.75) is 26.7 Å². The summed E-state index contributed by atoms with van der Waals surface area (Å²) in [4.78, 5) is 0. The fourth-order valence-electron chi connectivity index (χ4n) is 2.61. The number of hydrogen-bond donors (Lipinski definition) is 0. The average molecular weight is 370 g/mol. The van der Waals surface area contributed by atoms with Gasteiger partial charge in [-0.15, -0.1) is 0 Å². The topological polar surface area (TPSA) is 61.2 Å². The molecule has 5 nitrogen and oxygen atoms in total. The smallest absolute Gasteiger partial charge is 0.310 e. The van der Waals surface area contributed by atoms with Gasteiger partial charge in [-0.3, -0.25) is 0 Å². The molecule has 0 unspecified atom stereocenters. The number of nitrogens with zero attached hydrogens (tertiary/aromatic N) is 2. The van der Waals surface area contributed by atoms with E-state index >= 15 is 0 Å². The Balaban J connectivity index is 2.05. The fourth-order valence-corrected chi connectivity index (χ4v) is 3.72. The van der Waals surface area contributed by atoms with E-state index in [0.717, 1.165) is 23.2 Å². The first-order chi connectivity index (χ1) is 12.5. The quantitative estimate of drug-likeness (QED) is 0.580. The van der Waals surface area contributed by atoms with Crippen molar-refractivity contribution >= 4 is 10.1 Å². The van der Waals surface area contributed by atoms with E-state index in [1.165, 1.54) is 0 Å². The summed E-state index contributed by atoms with van der Waals surface area (Å²) >= 11 is 0. The number of benzene rings is 2. The minimum Gasteiger partial charge on any atom is -0.361 e. The molecule has 0 aliphatic heterocycles. The third-order valence-corrected chi connectivity index (χ3v) is 5.17. The molecule has 3 aromatic rings. The number of aromatic nitrogens is 2. The van der Waals surface area contributed by atoms with Crippen LogP contribution in [0.15, 0.2) is 60.7 Å². The van der Waals surface area contributed by atoms with Gasteiger partial charge in [0, 0.05) is 11.6 Å². The molecule has 0 N–H and O–H groups in total. The Bertz CT molecular complexity index is 979. The Morgan fingerprint density at radius 1 is 1.04 bits per heavy atom. The molecule has 0 fully saturated rings. The first kappa shape index (κ1) is 18.2. The molecular weight excluding hydrogens is 348 g/mol. The van der Waals surface area contributed by atoms with Crippen LogP contribution in [0.1, 0.15) is 25.3 Å². The SMILES string of the molecule is CCCCS(=O)(=O)Oc1cc(-c2ccccc2)nn1-c1cccc(C)c1. The lowest BCUT2D eigenvalue weighted by atomic mass is 10.2. The van der Waals surface area contributed by atoms with Crippen LogP contribution in [0.2, 0.25) is 0 Å². The minimum atomic E-state index is -3.67. The zero-order chi connectivity index (χ0) is 18.6. The second kappa shape index (κ2) is 7.74. The highest BCUT2D eigenvalue weighted by Crippen LogP contribution is 2.27. The van der Waals surface area contributed by atoms with Gasteiger partial charge < -0.3 is 4.18 Å². The van der Waals surface area contributed by atoms with E-state index in [4.69, 9.17) is 4.18 Å². The summed E-state index contributed by atoms with van der Waals surface area (Å²) in [5.74, 6) is 0.189. The normalized spacial score (nSPS) is 11.5. The lowest BCUT2D eigenvalue weighted by Crippen LogP contribution is -2.15. The van der Waals surface area contributed by atoms with E-state index < -0.39 is 10.1 Å². The lowest BCUT2D eigenvalue weighted by Gasteiger charge is -2.09. The van der Waals surface area contributed by atoms with Crippen molar-refractivity contribution < 1.29 is 12.6 Å². The molecule has 0 atom stereocenters. The largest absolute Gasteiger partial charge is 0.361 e. The summed E-state index contributed by atoms with van der Waals surface area (Å²) in [6.07, 6.45) is 1.35. The molecule has 0 aliphatic carbocycles. The average Bonchev–Trinajstić information content (AvgIpc) is 3.04. The van der Waals surface area contributed by atoms with Gasteiger partial charge in [0.15, 0.2) is 0 Å². The van der Waals surface area contributed by atoms with Gasteiger partial charge in [-0.2, -0.15) is 18.2 Å². The van der Waals surface area contributed by atoms with Gasteiger partial charge in [0.05, 0.1) is 17.1 Å². The molecule has 6 heteroatoms. The summed E-state index contributed by atoms with van der Waals surface area (Å²) in [7, 11) is -3.67. The van der Waals surface area contributed by atoms with Crippen LogP contribution in [0.4, 0.5) is 0 Å². The van der Waals surface area contributed by atoms with Gasteiger partial charge in [0.2, 0.25) is 5.88 Å². The molecule has 0 spiro atoms. The van der Waals surface area contributed by atoms with Crippen molar-refractivity contribution in [2.24, 2.45) is 0 Å². The maximum absolute atomic E-state index is 12.3. The minimum absolute atomic E-state index is 0.0107.